The van der Waals surface area contributed by atoms with Gasteiger partial charge in [0.05, 0.1) is 31.1 Å². The van der Waals surface area contributed by atoms with Gasteiger partial charge in [-0.3, -0.25) is 24.1 Å². The van der Waals surface area contributed by atoms with Crippen LogP contribution in [0.5, 0.6) is 11.5 Å². The van der Waals surface area contributed by atoms with E-state index in [9.17, 15) is 24.3 Å². The van der Waals surface area contributed by atoms with Crippen molar-refractivity contribution in [3.8, 4) is 11.5 Å². The molecule has 6 rings (SSSR count). The molecule has 1 saturated heterocycles. The SMILES string of the molecule is COc1ccc([C@@H]2c3sc(=O)[nH]c3S[C@@H]3[C@H]4C[C@@H]([C@@H]5C(=O)N(CC(=O)O)C(=O)[C@@H]45)[C@@H]23)cc1OC. The van der Waals surface area contributed by atoms with Crippen LogP contribution in [0, 0.1) is 29.6 Å². The molecule has 1 aromatic heterocycles. The number of fused-ring (bicyclic) bond motifs is 9. The zero-order valence-corrected chi connectivity index (χ0v) is 20.0. The van der Waals surface area contributed by atoms with Crippen molar-refractivity contribution in [2.24, 2.45) is 29.6 Å². The van der Waals surface area contributed by atoms with Gasteiger partial charge in [0.1, 0.15) is 6.54 Å². The van der Waals surface area contributed by atoms with Crippen LogP contribution < -0.4 is 14.3 Å². The van der Waals surface area contributed by atoms with E-state index in [1.54, 1.807) is 26.0 Å². The number of H-pyrrole nitrogens is 1. The second-order valence-corrected chi connectivity index (χ2v) is 11.4. The quantitative estimate of drug-likeness (QED) is 0.595. The number of carboxylic acids is 1. The van der Waals surface area contributed by atoms with E-state index in [4.69, 9.17) is 9.47 Å². The first kappa shape index (κ1) is 21.7. The highest BCUT2D eigenvalue weighted by Crippen LogP contribution is 2.68. The Bertz CT molecular complexity index is 1290. The largest absolute Gasteiger partial charge is 0.493 e. The first-order valence-corrected chi connectivity index (χ1v) is 12.7. The number of imide groups is 1. The molecular weight excluding hydrogens is 480 g/mol. The fraction of sp³-hybridized carbons (Fsp3) is 0.478. The Hall–Kier alpha value is -2.79. The number of carboxylic acid groups (broad SMARTS) is 1. The molecule has 2 aliphatic carbocycles. The number of aromatic amines is 1. The molecule has 2 N–H and O–H groups in total. The van der Waals surface area contributed by atoms with E-state index in [1.165, 1.54) is 11.3 Å². The van der Waals surface area contributed by atoms with Crippen molar-refractivity contribution in [3.63, 3.8) is 0 Å². The maximum absolute atomic E-state index is 13.2. The van der Waals surface area contributed by atoms with E-state index >= 15 is 0 Å². The van der Waals surface area contributed by atoms with Gasteiger partial charge in [0.15, 0.2) is 11.5 Å². The van der Waals surface area contributed by atoms with Crippen molar-refractivity contribution in [1.82, 2.24) is 9.88 Å². The summed E-state index contributed by atoms with van der Waals surface area (Å²) in [4.78, 5) is 54.6. The zero-order chi connectivity index (χ0) is 23.9. The maximum Gasteiger partial charge on any atom is 0.323 e. The van der Waals surface area contributed by atoms with E-state index in [0.29, 0.717) is 11.5 Å². The number of aliphatic carboxylic acids is 1. The van der Waals surface area contributed by atoms with Gasteiger partial charge in [-0.05, 0) is 41.9 Å². The Morgan fingerprint density at radius 3 is 2.50 bits per heavy atom. The number of ether oxygens (including phenoxy) is 2. The molecule has 3 fully saturated rings. The topological polar surface area (TPSA) is 126 Å². The number of hydrogen-bond donors (Lipinski definition) is 2. The molecule has 2 bridgehead atoms. The van der Waals surface area contributed by atoms with Gasteiger partial charge < -0.3 is 19.6 Å². The fourth-order valence-corrected chi connectivity index (χ4v) is 9.68. The predicted octanol–water partition coefficient (Wildman–Crippen LogP) is 2.01. The molecule has 178 valence electrons. The Kier molecular flexibility index (Phi) is 4.86. The molecule has 2 aromatic rings. The lowest BCUT2D eigenvalue weighted by atomic mass is 9.68. The van der Waals surface area contributed by atoms with Crippen molar-refractivity contribution in [1.29, 1.82) is 0 Å². The minimum absolute atomic E-state index is 0.0369. The molecule has 0 spiro atoms. The van der Waals surface area contributed by atoms with Gasteiger partial charge >= 0.3 is 10.8 Å². The zero-order valence-electron chi connectivity index (χ0n) is 18.3. The minimum atomic E-state index is -1.19. The van der Waals surface area contributed by atoms with Crippen LogP contribution in [0.25, 0.3) is 0 Å². The highest BCUT2D eigenvalue weighted by Gasteiger charge is 2.69. The van der Waals surface area contributed by atoms with Crippen LogP contribution in [0.2, 0.25) is 0 Å². The third-order valence-electron chi connectivity index (χ3n) is 7.88. The molecule has 34 heavy (non-hydrogen) atoms. The summed E-state index contributed by atoms with van der Waals surface area (Å²) >= 11 is 2.78. The summed E-state index contributed by atoms with van der Waals surface area (Å²) in [7, 11) is 3.14. The van der Waals surface area contributed by atoms with Gasteiger partial charge in [-0.15, -0.1) is 11.8 Å². The molecule has 2 aliphatic heterocycles. The van der Waals surface area contributed by atoms with Crippen LogP contribution in [0.15, 0.2) is 28.0 Å². The number of thiazole rings is 1. The fourth-order valence-electron chi connectivity index (χ4n) is 6.79. The third kappa shape index (κ3) is 2.86. The van der Waals surface area contributed by atoms with E-state index in [2.05, 4.69) is 4.98 Å². The average molecular weight is 503 g/mol. The molecule has 11 heteroatoms. The number of likely N-dealkylation sites (tertiary alicyclic amines) is 1. The molecule has 7 atom stereocenters. The van der Waals surface area contributed by atoms with Crippen LogP contribution >= 0.6 is 23.1 Å². The summed E-state index contributed by atoms with van der Waals surface area (Å²) in [6.45, 7) is -0.591. The number of thioether (sulfide) groups is 1. The van der Waals surface area contributed by atoms with Crippen LogP contribution in [-0.4, -0.2) is 58.8 Å². The van der Waals surface area contributed by atoms with Crippen molar-refractivity contribution in [3.05, 3.63) is 38.3 Å². The Labute approximate surface area is 202 Å². The number of rotatable bonds is 5. The monoisotopic (exact) mass is 502 g/mol. The second kappa shape index (κ2) is 7.61. The molecule has 0 radical (unpaired) electrons. The number of hydrogen-bond acceptors (Lipinski definition) is 8. The minimum Gasteiger partial charge on any atom is -0.493 e. The Morgan fingerprint density at radius 1 is 1.12 bits per heavy atom. The number of carbonyl (C=O) groups is 3. The molecular formula is C23H22N2O7S2. The third-order valence-corrected chi connectivity index (χ3v) is 10.5. The summed E-state index contributed by atoms with van der Waals surface area (Å²) in [6, 6.07) is 5.73. The highest BCUT2D eigenvalue weighted by atomic mass is 32.2. The lowest BCUT2D eigenvalue weighted by Crippen LogP contribution is -2.42. The van der Waals surface area contributed by atoms with Gasteiger partial charge in [-0.2, -0.15) is 0 Å². The number of benzene rings is 1. The van der Waals surface area contributed by atoms with Crippen LogP contribution in [0.3, 0.4) is 0 Å². The van der Waals surface area contributed by atoms with Gasteiger partial charge in [0.2, 0.25) is 11.8 Å². The number of nitrogens with one attached hydrogen (secondary N) is 1. The van der Waals surface area contributed by atoms with E-state index in [1.807, 2.05) is 18.2 Å². The number of aromatic nitrogens is 1. The molecule has 9 nitrogen and oxygen atoms in total. The number of nitrogens with zero attached hydrogens (tertiary/aromatic N) is 1. The highest BCUT2D eigenvalue weighted by molar-refractivity contribution is 8.00. The summed E-state index contributed by atoms with van der Waals surface area (Å²) < 4.78 is 10.9. The summed E-state index contributed by atoms with van der Waals surface area (Å²) in [5, 5.41) is 10.1. The van der Waals surface area contributed by atoms with Crippen LogP contribution in [0.1, 0.15) is 22.8 Å². The summed E-state index contributed by atoms with van der Waals surface area (Å²) in [5.74, 6) is -1.93. The maximum atomic E-state index is 13.2. The van der Waals surface area contributed by atoms with E-state index < -0.39 is 24.3 Å². The van der Waals surface area contributed by atoms with Crippen molar-refractivity contribution < 1.29 is 29.0 Å². The van der Waals surface area contributed by atoms with Crippen molar-refractivity contribution >= 4 is 40.9 Å². The molecule has 2 saturated carbocycles. The van der Waals surface area contributed by atoms with Crippen LogP contribution in [-0.2, 0) is 14.4 Å². The summed E-state index contributed by atoms with van der Waals surface area (Å²) in [5.41, 5.74) is 0.965. The lowest BCUT2D eigenvalue weighted by Gasteiger charge is -2.43. The smallest absolute Gasteiger partial charge is 0.323 e. The molecule has 2 amide bonds. The van der Waals surface area contributed by atoms with Gasteiger partial charge in [-0.25, -0.2) is 0 Å². The number of amides is 2. The summed E-state index contributed by atoms with van der Waals surface area (Å²) in [6.07, 6.45) is 0.749. The van der Waals surface area contributed by atoms with Gasteiger partial charge in [0, 0.05) is 16.0 Å². The first-order valence-electron chi connectivity index (χ1n) is 11.0. The van der Waals surface area contributed by atoms with Crippen LogP contribution in [0.4, 0.5) is 0 Å². The molecule has 4 aliphatic rings. The van der Waals surface area contributed by atoms with Crippen molar-refractivity contribution in [2.45, 2.75) is 22.6 Å². The molecule has 1 aromatic carbocycles. The number of carbonyl (C=O) groups excluding carboxylic acids is 2. The lowest BCUT2D eigenvalue weighted by molar-refractivity contribution is -0.149. The van der Waals surface area contributed by atoms with E-state index in [-0.39, 0.29) is 45.6 Å². The Balaban J connectivity index is 1.46. The average Bonchev–Trinajstić information content (AvgIpc) is 3.54. The molecule has 0 unspecified atom stereocenters. The Morgan fingerprint density at radius 2 is 1.82 bits per heavy atom. The normalized spacial score (nSPS) is 33.0. The molecule has 3 heterocycles. The van der Waals surface area contributed by atoms with Gasteiger partial charge in [-0.1, -0.05) is 17.4 Å². The van der Waals surface area contributed by atoms with E-state index in [0.717, 1.165) is 26.8 Å². The number of methoxy groups -OCH3 is 2. The standard InChI is InChI=1S/C23H22N2O7S2/c1-31-11-4-3-8(5-12(11)32-2)14-15-9-6-10(18(15)33-20-19(14)34-23(30)24-20)17-16(9)21(28)25(22(17)29)7-13(26)27/h3-5,9-10,14-18H,6-7H2,1-2H3,(H,24,30)(H,26,27)/t9-,10+,14+,15+,16+,17+,18-/m1/s1. The first-order chi connectivity index (χ1) is 16.3. The van der Waals surface area contributed by atoms with Crippen molar-refractivity contribution in [2.75, 3.05) is 20.8 Å². The second-order valence-electron chi connectivity index (χ2n) is 9.23. The van der Waals surface area contributed by atoms with Gasteiger partial charge in [0.25, 0.3) is 0 Å². The predicted molar refractivity (Wildman–Crippen MR) is 122 cm³/mol.